The van der Waals surface area contributed by atoms with Gasteiger partial charge in [0.2, 0.25) is 0 Å². The maximum absolute atomic E-state index is 14.4. The number of benzene rings is 1. The Hall–Kier alpha value is -3.19. The van der Waals surface area contributed by atoms with Gasteiger partial charge in [-0.2, -0.15) is 13.2 Å². The zero-order valence-corrected chi connectivity index (χ0v) is 16.6. The summed E-state index contributed by atoms with van der Waals surface area (Å²) >= 11 is 0. The second-order valence-electron chi connectivity index (χ2n) is 7.43. The molecule has 1 aliphatic rings. The van der Waals surface area contributed by atoms with Crippen molar-refractivity contribution in [3.63, 3.8) is 0 Å². The van der Waals surface area contributed by atoms with Crippen LogP contribution in [0.25, 0.3) is 10.9 Å². The van der Waals surface area contributed by atoms with Gasteiger partial charge >= 0.3 is 6.18 Å². The SMILES string of the molecule is O=c1cc2ncnc(N[C@H](O)c3cccc(C(F)F)c3F)c2cn1C1(C(F)(F)F)CCOC1. The van der Waals surface area contributed by atoms with Crippen LogP contribution in [0.4, 0.5) is 32.2 Å². The normalized spacial score (nSPS) is 19.9. The Labute approximate surface area is 181 Å². The van der Waals surface area contributed by atoms with Gasteiger partial charge in [-0.1, -0.05) is 18.2 Å². The number of fused-ring (bicyclic) bond motifs is 1. The Kier molecular flexibility index (Phi) is 5.78. The number of nitrogens with one attached hydrogen (secondary N) is 1. The summed E-state index contributed by atoms with van der Waals surface area (Å²) in [5, 5.41) is 12.7. The maximum Gasteiger partial charge on any atom is 0.414 e. The van der Waals surface area contributed by atoms with Gasteiger partial charge in [0, 0.05) is 30.9 Å². The predicted molar refractivity (Wildman–Crippen MR) is 103 cm³/mol. The lowest BCUT2D eigenvalue weighted by atomic mass is 9.97. The number of ether oxygens (including phenoxy) is 1. The number of alkyl halides is 5. The van der Waals surface area contributed by atoms with Crippen LogP contribution in [0.3, 0.4) is 0 Å². The van der Waals surface area contributed by atoms with Crippen molar-refractivity contribution in [3.8, 4) is 0 Å². The fourth-order valence-corrected chi connectivity index (χ4v) is 3.74. The standard InChI is InChI=1S/C20H16F6N4O3/c21-15-10(16(22)23)2-1-3-11(15)18(32)29-17-12-7-30(14(31)6-13(12)27-9-28-17)19(20(24,25)26)4-5-33-8-19/h1-3,6-7,9,16,18,32H,4-5,8H2,(H,27,28,29)/t18-,19?/m1/s1. The smallest absolute Gasteiger partial charge is 0.379 e. The second-order valence-corrected chi connectivity index (χ2v) is 7.43. The lowest BCUT2D eigenvalue weighted by Crippen LogP contribution is -2.52. The van der Waals surface area contributed by atoms with Crippen LogP contribution in [0.15, 0.2) is 41.6 Å². The fourth-order valence-electron chi connectivity index (χ4n) is 3.74. The summed E-state index contributed by atoms with van der Waals surface area (Å²) < 4.78 is 87.6. The number of hydrogen-bond donors (Lipinski definition) is 2. The first-order valence-corrected chi connectivity index (χ1v) is 9.58. The number of hydrogen-bond acceptors (Lipinski definition) is 6. The minimum atomic E-state index is -4.82. The molecule has 1 fully saturated rings. The summed E-state index contributed by atoms with van der Waals surface area (Å²) in [6, 6.07) is 3.91. The van der Waals surface area contributed by atoms with Crippen molar-refractivity contribution in [2.24, 2.45) is 0 Å². The highest BCUT2D eigenvalue weighted by molar-refractivity contribution is 5.88. The average molecular weight is 474 g/mol. The molecule has 33 heavy (non-hydrogen) atoms. The molecule has 3 aromatic rings. The van der Waals surface area contributed by atoms with Crippen LogP contribution in [0, 0.1) is 5.82 Å². The zero-order valence-electron chi connectivity index (χ0n) is 16.6. The molecule has 0 bridgehead atoms. The zero-order chi connectivity index (χ0) is 24.0. The van der Waals surface area contributed by atoms with Gasteiger partial charge in [0.1, 0.15) is 18.0 Å². The summed E-state index contributed by atoms with van der Waals surface area (Å²) in [6.07, 6.45) is -8.45. The van der Waals surface area contributed by atoms with E-state index in [-0.39, 0.29) is 23.3 Å². The summed E-state index contributed by atoms with van der Waals surface area (Å²) in [5.74, 6) is -1.58. The first kappa shape index (κ1) is 23.0. The van der Waals surface area contributed by atoms with E-state index in [1.807, 2.05) is 0 Å². The summed E-state index contributed by atoms with van der Waals surface area (Å²) in [5.41, 5.74) is -5.08. The van der Waals surface area contributed by atoms with Gasteiger partial charge in [-0.25, -0.2) is 23.1 Å². The largest absolute Gasteiger partial charge is 0.414 e. The van der Waals surface area contributed by atoms with Crippen LogP contribution in [0.2, 0.25) is 0 Å². The van der Waals surface area contributed by atoms with E-state index in [1.54, 1.807) is 0 Å². The van der Waals surface area contributed by atoms with Crippen molar-refractivity contribution in [2.75, 3.05) is 18.5 Å². The van der Waals surface area contributed by atoms with Crippen molar-refractivity contribution in [1.82, 2.24) is 14.5 Å². The third-order valence-electron chi connectivity index (χ3n) is 5.52. The van der Waals surface area contributed by atoms with Crippen LogP contribution in [0.5, 0.6) is 0 Å². The van der Waals surface area contributed by atoms with Gasteiger partial charge in [0.15, 0.2) is 11.8 Å². The molecular weight excluding hydrogens is 458 g/mol. The summed E-state index contributed by atoms with van der Waals surface area (Å²) in [6.45, 7) is -0.981. The van der Waals surface area contributed by atoms with E-state index in [0.717, 1.165) is 36.8 Å². The summed E-state index contributed by atoms with van der Waals surface area (Å²) in [4.78, 5) is 20.2. The molecule has 1 unspecified atom stereocenters. The van der Waals surface area contributed by atoms with E-state index in [1.165, 1.54) is 0 Å². The van der Waals surface area contributed by atoms with Gasteiger partial charge in [-0.15, -0.1) is 0 Å². The van der Waals surface area contributed by atoms with E-state index in [2.05, 4.69) is 15.3 Å². The number of halogens is 6. The number of aromatic nitrogens is 3. The van der Waals surface area contributed by atoms with Gasteiger partial charge in [0.05, 0.1) is 23.1 Å². The van der Waals surface area contributed by atoms with E-state index >= 15 is 0 Å². The minimum Gasteiger partial charge on any atom is -0.379 e. The number of aliphatic hydroxyl groups is 1. The molecule has 176 valence electrons. The van der Waals surface area contributed by atoms with E-state index in [4.69, 9.17) is 4.74 Å². The fraction of sp³-hybridized carbons (Fsp3) is 0.350. The molecule has 0 spiro atoms. The van der Waals surface area contributed by atoms with Crippen molar-refractivity contribution in [2.45, 2.75) is 30.8 Å². The van der Waals surface area contributed by atoms with Gasteiger partial charge < -0.3 is 15.2 Å². The van der Waals surface area contributed by atoms with Crippen LogP contribution in [0.1, 0.15) is 30.2 Å². The lowest BCUT2D eigenvalue weighted by Gasteiger charge is -2.32. The third-order valence-corrected chi connectivity index (χ3v) is 5.52. The highest BCUT2D eigenvalue weighted by Crippen LogP contribution is 2.42. The molecule has 2 atom stereocenters. The predicted octanol–water partition coefficient (Wildman–Crippen LogP) is 3.65. The molecule has 0 saturated carbocycles. The Bertz CT molecular complexity index is 1240. The molecule has 2 aromatic heterocycles. The van der Waals surface area contributed by atoms with Gasteiger partial charge in [0.25, 0.3) is 12.0 Å². The first-order valence-electron chi connectivity index (χ1n) is 9.58. The molecule has 7 nitrogen and oxygen atoms in total. The molecule has 0 radical (unpaired) electrons. The molecule has 0 aliphatic carbocycles. The lowest BCUT2D eigenvalue weighted by molar-refractivity contribution is -0.214. The molecular formula is C20H16F6N4O3. The third kappa shape index (κ3) is 3.91. The number of rotatable bonds is 5. The molecule has 2 N–H and O–H groups in total. The Balaban J connectivity index is 1.80. The van der Waals surface area contributed by atoms with Gasteiger partial charge in [-0.3, -0.25) is 9.36 Å². The molecule has 13 heteroatoms. The monoisotopic (exact) mass is 474 g/mol. The number of aliphatic hydroxyl groups excluding tert-OH is 1. The van der Waals surface area contributed by atoms with Gasteiger partial charge in [-0.05, 0) is 0 Å². The quantitative estimate of drug-likeness (QED) is 0.434. The van der Waals surface area contributed by atoms with Crippen LogP contribution in [-0.4, -0.2) is 39.0 Å². The van der Waals surface area contributed by atoms with Crippen LogP contribution in [-0.2, 0) is 10.3 Å². The molecule has 0 amide bonds. The maximum atomic E-state index is 14.4. The minimum absolute atomic E-state index is 0.0426. The van der Waals surface area contributed by atoms with E-state index in [9.17, 15) is 36.2 Å². The van der Waals surface area contributed by atoms with E-state index < -0.39 is 59.9 Å². The van der Waals surface area contributed by atoms with E-state index in [0.29, 0.717) is 4.57 Å². The Morgan fingerprint density at radius 2 is 1.94 bits per heavy atom. The Morgan fingerprint density at radius 1 is 1.21 bits per heavy atom. The molecule has 1 saturated heterocycles. The number of nitrogens with zero attached hydrogens (tertiary/aromatic N) is 3. The topological polar surface area (TPSA) is 89.3 Å². The number of pyridine rings is 1. The highest BCUT2D eigenvalue weighted by atomic mass is 19.4. The molecule has 3 heterocycles. The average Bonchev–Trinajstić information content (AvgIpc) is 3.24. The molecule has 1 aromatic carbocycles. The number of anilines is 1. The Morgan fingerprint density at radius 3 is 2.58 bits per heavy atom. The van der Waals surface area contributed by atoms with Crippen molar-refractivity contribution in [3.05, 3.63) is 64.1 Å². The highest BCUT2D eigenvalue weighted by Gasteiger charge is 2.59. The first-order chi connectivity index (χ1) is 15.5. The van der Waals surface area contributed by atoms with Crippen molar-refractivity contribution < 1.29 is 36.2 Å². The summed E-state index contributed by atoms with van der Waals surface area (Å²) in [7, 11) is 0. The molecule has 4 rings (SSSR count). The second kappa shape index (κ2) is 8.30. The van der Waals surface area contributed by atoms with Crippen molar-refractivity contribution in [1.29, 1.82) is 0 Å². The van der Waals surface area contributed by atoms with Crippen molar-refractivity contribution >= 4 is 16.7 Å². The van der Waals surface area contributed by atoms with Crippen LogP contribution < -0.4 is 10.9 Å². The molecule has 1 aliphatic heterocycles. The van der Waals surface area contributed by atoms with Crippen LogP contribution >= 0.6 is 0 Å².